The molecule has 1 amide bonds. The Morgan fingerprint density at radius 3 is 2.69 bits per heavy atom. The first kappa shape index (κ1) is 18.1. The number of nitrogens with one attached hydrogen (secondary N) is 1. The van der Waals surface area contributed by atoms with Crippen molar-refractivity contribution in [1.29, 1.82) is 0 Å². The van der Waals surface area contributed by atoms with Crippen molar-refractivity contribution in [3.05, 3.63) is 59.9 Å². The molecular weight excluding hydrogens is 351 g/mol. The molecule has 1 heterocycles. The van der Waals surface area contributed by atoms with Crippen LogP contribution in [0.4, 0.5) is 10.1 Å². The van der Waals surface area contributed by atoms with E-state index in [1.54, 1.807) is 36.7 Å². The highest BCUT2D eigenvalue weighted by Crippen LogP contribution is 2.27. The van der Waals surface area contributed by atoms with Gasteiger partial charge >= 0.3 is 0 Å². The minimum Gasteiger partial charge on any atom is -0.325 e. The van der Waals surface area contributed by atoms with Gasteiger partial charge < -0.3 is 9.88 Å². The van der Waals surface area contributed by atoms with Crippen LogP contribution in [0.5, 0.6) is 0 Å². The maximum Gasteiger partial charge on any atom is 0.237 e. The van der Waals surface area contributed by atoms with Crippen LogP contribution in [0.3, 0.4) is 0 Å². The maximum atomic E-state index is 14.0. The van der Waals surface area contributed by atoms with Crippen LogP contribution in [-0.4, -0.2) is 25.9 Å². The topological polar surface area (TPSA) is 59.8 Å². The molecule has 1 N–H and O–H groups in total. The average molecular weight is 370 g/mol. The van der Waals surface area contributed by atoms with E-state index in [1.165, 1.54) is 17.8 Å². The van der Waals surface area contributed by atoms with Crippen LogP contribution >= 0.6 is 11.8 Å². The molecule has 0 aliphatic rings. The van der Waals surface area contributed by atoms with E-state index in [9.17, 15) is 9.18 Å². The number of amides is 1. The van der Waals surface area contributed by atoms with Crippen molar-refractivity contribution in [3.8, 4) is 11.4 Å². The largest absolute Gasteiger partial charge is 0.325 e. The van der Waals surface area contributed by atoms with Crippen LogP contribution in [0.25, 0.3) is 11.4 Å². The Morgan fingerprint density at radius 1 is 1.19 bits per heavy atom. The van der Waals surface area contributed by atoms with Crippen LogP contribution < -0.4 is 5.32 Å². The highest BCUT2D eigenvalue weighted by molar-refractivity contribution is 8.00. The van der Waals surface area contributed by atoms with Crippen LogP contribution in [0.15, 0.2) is 53.7 Å². The summed E-state index contributed by atoms with van der Waals surface area (Å²) < 4.78 is 15.7. The molecule has 0 radical (unpaired) electrons. The van der Waals surface area contributed by atoms with Crippen LogP contribution in [0.2, 0.25) is 0 Å². The molecule has 0 fully saturated rings. The molecule has 0 saturated heterocycles. The lowest BCUT2D eigenvalue weighted by molar-refractivity contribution is -0.115. The van der Waals surface area contributed by atoms with E-state index in [2.05, 4.69) is 15.5 Å². The van der Waals surface area contributed by atoms with E-state index >= 15 is 0 Å². The summed E-state index contributed by atoms with van der Waals surface area (Å²) in [6.07, 6.45) is 0. The Bertz CT molecular complexity index is 941. The van der Waals surface area contributed by atoms with Crippen molar-refractivity contribution in [3.63, 3.8) is 0 Å². The molecule has 0 unspecified atom stereocenters. The third-order valence-corrected chi connectivity index (χ3v) is 5.02. The van der Waals surface area contributed by atoms with Crippen molar-refractivity contribution in [2.45, 2.75) is 24.3 Å². The predicted molar refractivity (Wildman–Crippen MR) is 102 cm³/mol. The van der Waals surface area contributed by atoms with Crippen LogP contribution in [-0.2, 0) is 11.8 Å². The summed E-state index contributed by atoms with van der Waals surface area (Å²) in [6, 6.07) is 14.0. The first-order valence-corrected chi connectivity index (χ1v) is 9.02. The summed E-state index contributed by atoms with van der Waals surface area (Å²) >= 11 is 1.28. The van der Waals surface area contributed by atoms with Gasteiger partial charge in [-0.05, 0) is 43.7 Å². The molecular formula is C19H19FN4OS. The quantitative estimate of drug-likeness (QED) is 0.689. The molecule has 2 aromatic carbocycles. The van der Waals surface area contributed by atoms with E-state index in [0.717, 1.165) is 11.3 Å². The SMILES string of the molecule is Cc1cccc(NC(=O)[C@@H](C)Sc2nnc(-c3ccccc3F)n2C)c1. The van der Waals surface area contributed by atoms with Crippen molar-refractivity contribution < 1.29 is 9.18 Å². The molecule has 7 heteroatoms. The summed E-state index contributed by atoms with van der Waals surface area (Å²) in [5.41, 5.74) is 2.21. The van der Waals surface area contributed by atoms with Gasteiger partial charge in [0.15, 0.2) is 11.0 Å². The van der Waals surface area contributed by atoms with Crippen molar-refractivity contribution in [2.24, 2.45) is 7.05 Å². The van der Waals surface area contributed by atoms with Gasteiger partial charge in [-0.25, -0.2) is 4.39 Å². The average Bonchev–Trinajstić information content (AvgIpc) is 2.96. The van der Waals surface area contributed by atoms with Gasteiger partial charge in [0.2, 0.25) is 5.91 Å². The van der Waals surface area contributed by atoms with Gasteiger partial charge in [-0.3, -0.25) is 4.79 Å². The third kappa shape index (κ3) is 3.94. The number of nitrogens with zero attached hydrogens (tertiary/aromatic N) is 3. The second kappa shape index (κ2) is 7.70. The zero-order valence-electron chi connectivity index (χ0n) is 14.7. The minimum absolute atomic E-state index is 0.129. The lowest BCUT2D eigenvalue weighted by Crippen LogP contribution is -2.22. The normalized spacial score (nSPS) is 12.0. The second-order valence-corrected chi connectivity index (χ2v) is 7.27. The van der Waals surface area contributed by atoms with E-state index in [-0.39, 0.29) is 17.0 Å². The molecule has 0 saturated carbocycles. The number of benzene rings is 2. The highest BCUT2D eigenvalue weighted by atomic mass is 32.2. The Kier molecular flexibility index (Phi) is 5.37. The number of anilines is 1. The lowest BCUT2D eigenvalue weighted by Gasteiger charge is -2.12. The van der Waals surface area contributed by atoms with Gasteiger partial charge in [0, 0.05) is 12.7 Å². The van der Waals surface area contributed by atoms with E-state index in [1.807, 2.05) is 31.2 Å². The van der Waals surface area contributed by atoms with E-state index in [4.69, 9.17) is 0 Å². The van der Waals surface area contributed by atoms with Gasteiger partial charge in [0.25, 0.3) is 0 Å². The molecule has 0 bridgehead atoms. The molecule has 3 rings (SSSR count). The fourth-order valence-electron chi connectivity index (χ4n) is 2.47. The van der Waals surface area contributed by atoms with Gasteiger partial charge in [-0.15, -0.1) is 10.2 Å². The minimum atomic E-state index is -0.383. The van der Waals surface area contributed by atoms with Crippen molar-refractivity contribution in [1.82, 2.24) is 14.8 Å². The number of carbonyl (C=O) groups is 1. The second-order valence-electron chi connectivity index (χ2n) is 5.96. The Labute approximate surface area is 155 Å². The molecule has 3 aromatic rings. The molecule has 5 nitrogen and oxygen atoms in total. The van der Waals surface area contributed by atoms with Crippen molar-refractivity contribution in [2.75, 3.05) is 5.32 Å². The Morgan fingerprint density at radius 2 is 1.96 bits per heavy atom. The predicted octanol–water partition coefficient (Wildman–Crippen LogP) is 4.05. The zero-order chi connectivity index (χ0) is 18.7. The standard InChI is InChI=1S/C19H19FN4OS/c1-12-7-6-8-14(11-12)21-18(25)13(2)26-19-23-22-17(24(19)3)15-9-4-5-10-16(15)20/h4-11,13H,1-3H3,(H,21,25)/t13-/m1/s1. The fourth-order valence-corrected chi connectivity index (χ4v) is 3.29. The van der Waals surface area contributed by atoms with Gasteiger partial charge in [0.05, 0.1) is 10.8 Å². The lowest BCUT2D eigenvalue weighted by atomic mass is 10.2. The Balaban J connectivity index is 1.73. The molecule has 0 spiro atoms. The monoisotopic (exact) mass is 370 g/mol. The summed E-state index contributed by atoms with van der Waals surface area (Å²) in [7, 11) is 1.76. The summed E-state index contributed by atoms with van der Waals surface area (Å²) in [6.45, 7) is 3.77. The van der Waals surface area contributed by atoms with E-state index < -0.39 is 0 Å². The zero-order valence-corrected chi connectivity index (χ0v) is 15.5. The number of halogens is 1. The molecule has 0 aliphatic heterocycles. The number of hydrogen-bond donors (Lipinski definition) is 1. The van der Waals surface area contributed by atoms with Crippen LogP contribution in [0, 0.1) is 12.7 Å². The Hall–Kier alpha value is -2.67. The number of rotatable bonds is 5. The number of aryl methyl sites for hydroxylation is 1. The van der Waals surface area contributed by atoms with Crippen molar-refractivity contribution >= 4 is 23.4 Å². The van der Waals surface area contributed by atoms with Gasteiger partial charge in [-0.2, -0.15) is 0 Å². The molecule has 134 valence electrons. The highest BCUT2D eigenvalue weighted by Gasteiger charge is 2.20. The first-order valence-electron chi connectivity index (χ1n) is 8.14. The summed E-state index contributed by atoms with van der Waals surface area (Å²) in [5.74, 6) is -0.0577. The number of aromatic nitrogens is 3. The van der Waals surface area contributed by atoms with Crippen LogP contribution in [0.1, 0.15) is 12.5 Å². The van der Waals surface area contributed by atoms with Gasteiger partial charge in [-0.1, -0.05) is 36.0 Å². The molecule has 1 aromatic heterocycles. The van der Waals surface area contributed by atoms with E-state index in [0.29, 0.717) is 16.5 Å². The molecule has 0 aliphatic carbocycles. The fraction of sp³-hybridized carbons (Fsp3) is 0.211. The smallest absolute Gasteiger partial charge is 0.237 e. The molecule has 1 atom stereocenters. The molecule has 26 heavy (non-hydrogen) atoms. The number of hydrogen-bond acceptors (Lipinski definition) is 4. The summed E-state index contributed by atoms with van der Waals surface area (Å²) in [4.78, 5) is 12.4. The maximum absolute atomic E-state index is 14.0. The van der Waals surface area contributed by atoms with Gasteiger partial charge in [0.1, 0.15) is 5.82 Å². The summed E-state index contributed by atoms with van der Waals surface area (Å²) in [5, 5.41) is 11.2. The number of carbonyl (C=O) groups excluding carboxylic acids is 1. The first-order chi connectivity index (χ1) is 12.5. The number of thioether (sulfide) groups is 1. The third-order valence-electron chi connectivity index (χ3n) is 3.89.